The Balaban J connectivity index is 1.87. The highest BCUT2D eigenvalue weighted by Crippen LogP contribution is 2.28. The molecule has 2 rings (SSSR count). The molecule has 0 unspecified atom stereocenters. The largest absolute Gasteiger partial charge is 0.493 e. The predicted molar refractivity (Wildman–Crippen MR) is 109 cm³/mol. The van der Waals surface area contributed by atoms with Crippen molar-refractivity contribution in [1.29, 1.82) is 0 Å². The number of hydrogen-bond acceptors (Lipinski definition) is 4. The molecular weight excluding hydrogens is 348 g/mol. The minimum absolute atomic E-state index is 0.341. The van der Waals surface area contributed by atoms with E-state index in [1.54, 1.807) is 12.1 Å². The highest BCUT2D eigenvalue weighted by molar-refractivity contribution is 6.85. The Labute approximate surface area is 152 Å². The Morgan fingerprint density at radius 1 is 1.08 bits per heavy atom. The van der Waals surface area contributed by atoms with Crippen LogP contribution in [0.1, 0.15) is 20.3 Å². The predicted octanol–water partition coefficient (Wildman–Crippen LogP) is 5.40. The van der Waals surface area contributed by atoms with Crippen molar-refractivity contribution in [3.05, 3.63) is 40.8 Å². The quantitative estimate of drug-likeness (QED) is 0.350. The first-order valence-corrected chi connectivity index (χ1v) is 15.1. The second-order valence-electron chi connectivity index (χ2n) is 8.03. The fourth-order valence-electron chi connectivity index (χ4n) is 2.70. The van der Waals surface area contributed by atoms with Crippen LogP contribution in [0.5, 0.6) is 5.75 Å². The van der Waals surface area contributed by atoms with E-state index in [4.69, 9.17) is 13.3 Å². The van der Waals surface area contributed by atoms with E-state index in [1.165, 1.54) is 6.07 Å². The first-order valence-electron chi connectivity index (χ1n) is 8.96. The summed E-state index contributed by atoms with van der Waals surface area (Å²) < 4.78 is 17.6. The third-order valence-electron chi connectivity index (χ3n) is 4.72. The summed E-state index contributed by atoms with van der Waals surface area (Å²) in [6, 6.07) is 9.88. The van der Waals surface area contributed by atoms with Crippen LogP contribution in [0.4, 0.5) is 0 Å². The molecule has 0 radical (unpaired) electrons. The second-order valence-corrected chi connectivity index (χ2v) is 17.2. The molecule has 0 amide bonds. The Morgan fingerprint density at radius 3 is 2.44 bits per heavy atom. The van der Waals surface area contributed by atoms with Crippen molar-refractivity contribution in [2.45, 2.75) is 58.0 Å². The molecular formula is C19H30O4Si2. The van der Waals surface area contributed by atoms with Crippen molar-refractivity contribution < 1.29 is 13.3 Å². The van der Waals surface area contributed by atoms with Gasteiger partial charge in [0.05, 0.1) is 6.61 Å². The van der Waals surface area contributed by atoms with Gasteiger partial charge in [-0.15, -0.1) is 0 Å². The van der Waals surface area contributed by atoms with Gasteiger partial charge in [0.25, 0.3) is 0 Å². The molecule has 0 aliphatic heterocycles. The third-order valence-corrected chi connectivity index (χ3v) is 13.4. The first kappa shape index (κ1) is 19.9. The monoisotopic (exact) mass is 378 g/mol. The molecule has 0 saturated carbocycles. The summed E-state index contributed by atoms with van der Waals surface area (Å²) in [5.41, 5.74) is 0.849. The van der Waals surface area contributed by atoms with Gasteiger partial charge in [0.15, 0.2) is 16.6 Å². The molecule has 1 heterocycles. The van der Waals surface area contributed by atoms with Crippen LogP contribution < -0.4 is 10.4 Å². The fourth-order valence-corrected chi connectivity index (χ4v) is 10.7. The summed E-state index contributed by atoms with van der Waals surface area (Å²) in [6.45, 7) is 14.4. The molecule has 0 spiro atoms. The van der Waals surface area contributed by atoms with Crippen LogP contribution in [0.3, 0.4) is 0 Å². The molecule has 0 bridgehead atoms. The first-order chi connectivity index (χ1) is 11.6. The summed E-state index contributed by atoms with van der Waals surface area (Å²) in [5.74, 6) is 0.735. The summed E-state index contributed by atoms with van der Waals surface area (Å²) in [5, 5.41) is 0.898. The van der Waals surface area contributed by atoms with E-state index in [2.05, 4.69) is 40.0 Å². The van der Waals surface area contributed by atoms with Gasteiger partial charge in [0.2, 0.25) is 0 Å². The molecule has 1 aromatic heterocycles. The van der Waals surface area contributed by atoms with Crippen molar-refractivity contribution in [3.63, 3.8) is 0 Å². The number of fused-ring (bicyclic) bond motifs is 1. The third kappa shape index (κ3) is 5.83. The van der Waals surface area contributed by atoms with Crippen LogP contribution >= 0.6 is 0 Å². The van der Waals surface area contributed by atoms with Crippen LogP contribution in [0.2, 0.25) is 37.8 Å². The molecule has 0 atom stereocenters. The summed E-state index contributed by atoms with van der Waals surface area (Å²) in [6.07, 6.45) is 0.971. The van der Waals surface area contributed by atoms with E-state index in [-0.39, 0.29) is 5.63 Å². The lowest BCUT2D eigenvalue weighted by molar-refractivity contribution is 0.314. The molecule has 0 N–H and O–H groups in total. The lowest BCUT2D eigenvalue weighted by Crippen LogP contribution is -2.46. The maximum atomic E-state index is 11.3. The molecule has 0 aliphatic rings. The molecule has 25 heavy (non-hydrogen) atoms. The lowest BCUT2D eigenvalue weighted by Gasteiger charge is -2.36. The zero-order chi connectivity index (χ0) is 18.7. The van der Waals surface area contributed by atoms with Gasteiger partial charge >= 0.3 is 5.63 Å². The van der Waals surface area contributed by atoms with Crippen molar-refractivity contribution in [1.82, 2.24) is 0 Å². The van der Waals surface area contributed by atoms with Crippen molar-refractivity contribution >= 4 is 27.6 Å². The van der Waals surface area contributed by atoms with Crippen LogP contribution in [-0.4, -0.2) is 23.2 Å². The average Bonchev–Trinajstić information content (AvgIpc) is 2.50. The van der Waals surface area contributed by atoms with E-state index < -0.39 is 16.6 Å². The SMILES string of the molecule is CC(C)[Si](C)(C)O[Si](C)(C)CCCOc1ccc2ccc(=O)oc2c1. The van der Waals surface area contributed by atoms with E-state index in [1.807, 2.05) is 12.1 Å². The van der Waals surface area contributed by atoms with Crippen molar-refractivity contribution in [2.75, 3.05) is 6.61 Å². The highest BCUT2D eigenvalue weighted by Gasteiger charge is 2.34. The van der Waals surface area contributed by atoms with E-state index in [0.29, 0.717) is 17.7 Å². The average molecular weight is 379 g/mol. The van der Waals surface area contributed by atoms with Gasteiger partial charge < -0.3 is 13.3 Å². The fraction of sp³-hybridized carbons (Fsp3) is 0.526. The van der Waals surface area contributed by atoms with Gasteiger partial charge in [-0.2, -0.15) is 0 Å². The minimum atomic E-state index is -1.67. The highest BCUT2D eigenvalue weighted by atomic mass is 28.4. The van der Waals surface area contributed by atoms with Gasteiger partial charge in [-0.3, -0.25) is 0 Å². The summed E-state index contributed by atoms with van der Waals surface area (Å²) in [7, 11) is -3.27. The van der Waals surface area contributed by atoms with E-state index in [0.717, 1.165) is 23.6 Å². The Bertz CT molecular complexity index is 765. The van der Waals surface area contributed by atoms with Crippen molar-refractivity contribution in [3.8, 4) is 5.75 Å². The molecule has 0 fully saturated rings. The van der Waals surface area contributed by atoms with Crippen LogP contribution in [-0.2, 0) is 4.12 Å². The lowest BCUT2D eigenvalue weighted by atomic mass is 10.2. The van der Waals surface area contributed by atoms with Gasteiger partial charge in [-0.25, -0.2) is 4.79 Å². The van der Waals surface area contributed by atoms with Crippen LogP contribution in [0, 0.1) is 0 Å². The standard InChI is InChI=1S/C19H30O4Si2/c1-15(2)25(5,6)23-24(3,4)13-7-12-21-17-10-8-16-9-11-19(20)22-18(16)14-17/h8-11,14-15H,7,12-13H2,1-6H3. The van der Waals surface area contributed by atoms with Crippen LogP contribution in [0.25, 0.3) is 11.0 Å². The topological polar surface area (TPSA) is 48.7 Å². The van der Waals surface area contributed by atoms with E-state index in [9.17, 15) is 4.79 Å². The Morgan fingerprint density at radius 2 is 1.76 bits per heavy atom. The molecule has 0 saturated heterocycles. The van der Waals surface area contributed by atoms with Gasteiger partial charge in [-0.1, -0.05) is 13.8 Å². The molecule has 1 aromatic carbocycles. The zero-order valence-corrected chi connectivity index (χ0v) is 18.2. The Hall–Kier alpha value is -1.38. The second kappa shape index (κ2) is 7.89. The Kier molecular flexibility index (Phi) is 6.29. The number of ether oxygens (including phenoxy) is 1. The molecule has 138 valence electrons. The maximum Gasteiger partial charge on any atom is 0.336 e. The molecule has 6 heteroatoms. The minimum Gasteiger partial charge on any atom is -0.493 e. The van der Waals surface area contributed by atoms with Gasteiger partial charge in [0, 0.05) is 17.5 Å². The molecule has 0 aliphatic carbocycles. The zero-order valence-electron chi connectivity index (χ0n) is 16.2. The summed E-state index contributed by atoms with van der Waals surface area (Å²) in [4.78, 5) is 11.3. The van der Waals surface area contributed by atoms with Crippen LogP contribution in [0.15, 0.2) is 39.5 Å². The van der Waals surface area contributed by atoms with Gasteiger partial charge in [0.1, 0.15) is 11.3 Å². The number of rotatable bonds is 8. The molecule has 2 aromatic rings. The smallest absolute Gasteiger partial charge is 0.336 e. The number of benzene rings is 1. The van der Waals surface area contributed by atoms with E-state index >= 15 is 0 Å². The number of hydrogen-bond donors (Lipinski definition) is 0. The maximum absolute atomic E-state index is 11.3. The van der Waals surface area contributed by atoms with Crippen molar-refractivity contribution in [2.24, 2.45) is 0 Å². The summed E-state index contributed by atoms with van der Waals surface area (Å²) >= 11 is 0. The molecule has 4 nitrogen and oxygen atoms in total. The van der Waals surface area contributed by atoms with Gasteiger partial charge in [-0.05, 0) is 62.4 Å². The normalized spacial score (nSPS) is 12.8.